The molecule has 0 saturated heterocycles. The fourth-order valence-electron chi connectivity index (χ4n) is 1.63. The summed E-state index contributed by atoms with van der Waals surface area (Å²) in [6.07, 6.45) is 0.998. The first kappa shape index (κ1) is 14.0. The lowest BCUT2D eigenvalue weighted by atomic mass is 10.0. The molecule has 4 N–H and O–H groups in total. The van der Waals surface area contributed by atoms with Gasteiger partial charge in [-0.05, 0) is 24.1 Å². The number of halogens is 1. The Labute approximate surface area is 110 Å². The summed E-state index contributed by atoms with van der Waals surface area (Å²) >= 11 is 3.41. The number of carbonyl (C=O) groups excluding carboxylic acids is 1. The van der Waals surface area contributed by atoms with Crippen molar-refractivity contribution >= 4 is 22.0 Å². The van der Waals surface area contributed by atoms with Gasteiger partial charge >= 0.3 is 6.03 Å². The average molecular weight is 300 g/mol. The highest BCUT2D eigenvalue weighted by atomic mass is 79.9. The number of rotatable bonds is 6. The Morgan fingerprint density at radius 1 is 1.35 bits per heavy atom. The van der Waals surface area contributed by atoms with Gasteiger partial charge in [-0.25, -0.2) is 4.79 Å². The quantitative estimate of drug-likeness (QED) is 0.705. The van der Waals surface area contributed by atoms with Crippen molar-refractivity contribution in [3.63, 3.8) is 0 Å². The van der Waals surface area contributed by atoms with Crippen LogP contribution in [0.25, 0.3) is 0 Å². The average Bonchev–Trinajstić information content (AvgIpc) is 2.30. The summed E-state index contributed by atoms with van der Waals surface area (Å²) < 4.78 is 1.08. The molecular formula is C12H18BrN3O. The van der Waals surface area contributed by atoms with Gasteiger partial charge in [-0.1, -0.05) is 35.0 Å². The van der Waals surface area contributed by atoms with Gasteiger partial charge in [-0.15, -0.1) is 0 Å². The molecule has 1 unspecified atom stereocenters. The largest absolute Gasteiger partial charge is 0.352 e. The van der Waals surface area contributed by atoms with Crippen LogP contribution in [0.2, 0.25) is 0 Å². The molecule has 0 aliphatic rings. The number of primary amides is 1. The van der Waals surface area contributed by atoms with E-state index in [4.69, 9.17) is 5.73 Å². The van der Waals surface area contributed by atoms with Crippen LogP contribution in [0.1, 0.15) is 24.9 Å². The van der Waals surface area contributed by atoms with Gasteiger partial charge < -0.3 is 16.4 Å². The maximum absolute atomic E-state index is 10.5. The highest BCUT2D eigenvalue weighted by molar-refractivity contribution is 9.10. The monoisotopic (exact) mass is 299 g/mol. The normalized spacial score (nSPS) is 12.1. The van der Waals surface area contributed by atoms with E-state index in [9.17, 15) is 4.79 Å². The molecule has 0 bridgehead atoms. The van der Waals surface area contributed by atoms with Crippen molar-refractivity contribution in [2.24, 2.45) is 5.73 Å². The lowest BCUT2D eigenvalue weighted by molar-refractivity contribution is 0.249. The summed E-state index contributed by atoms with van der Waals surface area (Å²) in [7, 11) is 0. The van der Waals surface area contributed by atoms with Gasteiger partial charge in [0.1, 0.15) is 0 Å². The molecule has 0 aliphatic heterocycles. The molecule has 0 saturated carbocycles. The van der Waals surface area contributed by atoms with Crippen LogP contribution in [0.3, 0.4) is 0 Å². The molecule has 1 aromatic carbocycles. The summed E-state index contributed by atoms with van der Waals surface area (Å²) in [6.45, 7) is 3.38. The zero-order valence-corrected chi connectivity index (χ0v) is 11.5. The first-order chi connectivity index (χ1) is 8.13. The Kier molecular flexibility index (Phi) is 6.00. The Bertz CT molecular complexity index is 353. The predicted molar refractivity (Wildman–Crippen MR) is 72.8 cm³/mol. The van der Waals surface area contributed by atoms with Crippen molar-refractivity contribution in [3.05, 3.63) is 34.3 Å². The third-order valence-electron chi connectivity index (χ3n) is 2.50. The zero-order chi connectivity index (χ0) is 12.7. The highest BCUT2D eigenvalue weighted by Crippen LogP contribution is 2.18. The predicted octanol–water partition coefficient (Wildman–Crippen LogP) is 2.16. The Balaban J connectivity index is 2.43. The third-order valence-corrected chi connectivity index (χ3v) is 3.02. The number of urea groups is 1. The molecule has 1 rings (SSSR count). The second-order valence-electron chi connectivity index (χ2n) is 3.76. The summed E-state index contributed by atoms with van der Waals surface area (Å²) in [6, 6.07) is 8.06. The van der Waals surface area contributed by atoms with E-state index < -0.39 is 6.03 Å². The molecule has 17 heavy (non-hydrogen) atoms. The van der Waals surface area contributed by atoms with E-state index in [1.165, 1.54) is 5.56 Å². The maximum atomic E-state index is 10.5. The molecule has 1 aromatic rings. The minimum atomic E-state index is -0.483. The van der Waals surface area contributed by atoms with Gasteiger partial charge in [-0.3, -0.25) is 0 Å². The van der Waals surface area contributed by atoms with E-state index in [1.54, 1.807) is 0 Å². The van der Waals surface area contributed by atoms with Crippen LogP contribution in [0, 0.1) is 0 Å². The van der Waals surface area contributed by atoms with Gasteiger partial charge in [0.15, 0.2) is 0 Å². The van der Waals surface area contributed by atoms with Gasteiger partial charge in [0.25, 0.3) is 0 Å². The molecule has 94 valence electrons. The number of hydrogen-bond acceptors (Lipinski definition) is 2. The van der Waals surface area contributed by atoms with Crippen molar-refractivity contribution in [1.29, 1.82) is 0 Å². The smallest absolute Gasteiger partial charge is 0.312 e. The number of amides is 2. The topological polar surface area (TPSA) is 67.2 Å². The zero-order valence-electron chi connectivity index (χ0n) is 9.87. The van der Waals surface area contributed by atoms with E-state index in [2.05, 4.69) is 45.6 Å². The van der Waals surface area contributed by atoms with Crippen LogP contribution in [0.15, 0.2) is 28.7 Å². The van der Waals surface area contributed by atoms with Crippen LogP contribution < -0.4 is 16.4 Å². The van der Waals surface area contributed by atoms with E-state index in [0.717, 1.165) is 10.9 Å². The summed E-state index contributed by atoms with van der Waals surface area (Å²) in [4.78, 5) is 10.5. The number of nitrogens with two attached hydrogens (primary N) is 1. The van der Waals surface area contributed by atoms with E-state index >= 15 is 0 Å². The molecule has 2 amide bonds. The fourth-order valence-corrected chi connectivity index (χ4v) is 1.89. The molecular weight excluding hydrogens is 282 g/mol. The third kappa shape index (κ3) is 5.19. The lowest BCUT2D eigenvalue weighted by Gasteiger charge is -2.17. The number of benzene rings is 1. The SMILES string of the molecule is CCC(NCCNC(N)=O)c1ccc(Br)cc1. The Hall–Kier alpha value is -1.07. The number of nitrogens with one attached hydrogen (secondary N) is 2. The number of carbonyl (C=O) groups is 1. The van der Waals surface area contributed by atoms with Crippen LogP contribution in [-0.4, -0.2) is 19.1 Å². The van der Waals surface area contributed by atoms with Crippen molar-refractivity contribution in [2.75, 3.05) is 13.1 Å². The fraction of sp³-hybridized carbons (Fsp3) is 0.417. The summed E-state index contributed by atoms with van der Waals surface area (Å²) in [5, 5.41) is 5.93. The highest BCUT2D eigenvalue weighted by Gasteiger charge is 2.07. The number of hydrogen-bond donors (Lipinski definition) is 3. The molecule has 0 aromatic heterocycles. The van der Waals surface area contributed by atoms with Gasteiger partial charge in [0.05, 0.1) is 0 Å². The molecule has 0 heterocycles. The van der Waals surface area contributed by atoms with Crippen LogP contribution >= 0.6 is 15.9 Å². The van der Waals surface area contributed by atoms with Gasteiger partial charge in [0.2, 0.25) is 0 Å². The maximum Gasteiger partial charge on any atom is 0.312 e. The van der Waals surface area contributed by atoms with Crippen LogP contribution in [0.5, 0.6) is 0 Å². The van der Waals surface area contributed by atoms with Gasteiger partial charge in [0, 0.05) is 23.6 Å². The molecule has 1 atom stereocenters. The van der Waals surface area contributed by atoms with Crippen molar-refractivity contribution < 1.29 is 4.79 Å². The Morgan fingerprint density at radius 3 is 2.53 bits per heavy atom. The molecule has 4 nitrogen and oxygen atoms in total. The van der Waals surface area contributed by atoms with Crippen molar-refractivity contribution in [3.8, 4) is 0 Å². The second kappa shape index (κ2) is 7.29. The van der Waals surface area contributed by atoms with E-state index in [0.29, 0.717) is 19.1 Å². The minimum absolute atomic E-state index is 0.303. The second-order valence-corrected chi connectivity index (χ2v) is 4.67. The first-order valence-electron chi connectivity index (χ1n) is 5.65. The molecule has 0 spiro atoms. The molecule has 0 aliphatic carbocycles. The Morgan fingerprint density at radius 2 is 2.00 bits per heavy atom. The standard InChI is InChI=1S/C12H18BrN3O/c1-2-11(15-7-8-16-12(14)17)9-3-5-10(13)6-4-9/h3-6,11,15H,2,7-8H2,1H3,(H3,14,16,17). The molecule has 0 fully saturated rings. The first-order valence-corrected chi connectivity index (χ1v) is 6.45. The van der Waals surface area contributed by atoms with Crippen molar-refractivity contribution in [2.45, 2.75) is 19.4 Å². The van der Waals surface area contributed by atoms with E-state index in [-0.39, 0.29) is 0 Å². The minimum Gasteiger partial charge on any atom is -0.352 e. The van der Waals surface area contributed by atoms with E-state index in [1.807, 2.05) is 12.1 Å². The van der Waals surface area contributed by atoms with Gasteiger partial charge in [-0.2, -0.15) is 0 Å². The summed E-state index contributed by atoms with van der Waals surface area (Å²) in [5.41, 5.74) is 6.23. The van der Waals surface area contributed by atoms with Crippen LogP contribution in [-0.2, 0) is 0 Å². The van der Waals surface area contributed by atoms with Crippen LogP contribution in [0.4, 0.5) is 4.79 Å². The van der Waals surface area contributed by atoms with Crippen molar-refractivity contribution in [1.82, 2.24) is 10.6 Å². The molecule has 0 radical (unpaired) electrons. The molecule has 5 heteroatoms. The lowest BCUT2D eigenvalue weighted by Crippen LogP contribution is -2.36. The summed E-state index contributed by atoms with van der Waals surface area (Å²) in [5.74, 6) is 0.